The standard InChI is InChI=1S/C18H18FNO/c1-12(2)17-15(11-21)18(13-6-8-14(19)9-7-13)20-10-4-3-5-16(17)20/h3-10,12,21H,11H2,1-2H3. The molecule has 2 heterocycles. The molecule has 0 radical (unpaired) electrons. The number of rotatable bonds is 3. The summed E-state index contributed by atoms with van der Waals surface area (Å²) in [5.41, 5.74) is 5.02. The van der Waals surface area contributed by atoms with E-state index in [1.165, 1.54) is 12.1 Å². The summed E-state index contributed by atoms with van der Waals surface area (Å²) in [5, 5.41) is 9.88. The van der Waals surface area contributed by atoms with Crippen molar-refractivity contribution in [3.8, 4) is 11.3 Å². The highest BCUT2D eigenvalue weighted by Crippen LogP contribution is 2.36. The van der Waals surface area contributed by atoms with Crippen LogP contribution in [-0.4, -0.2) is 9.51 Å². The molecule has 0 bridgehead atoms. The van der Waals surface area contributed by atoms with Crippen molar-refractivity contribution in [3.05, 3.63) is 65.6 Å². The number of benzene rings is 1. The normalized spacial score (nSPS) is 11.5. The zero-order valence-corrected chi connectivity index (χ0v) is 12.2. The molecule has 3 heteroatoms. The fraction of sp³-hybridized carbons (Fsp3) is 0.222. The van der Waals surface area contributed by atoms with Crippen LogP contribution in [0.3, 0.4) is 0 Å². The maximum Gasteiger partial charge on any atom is 0.123 e. The third kappa shape index (κ3) is 2.24. The van der Waals surface area contributed by atoms with Gasteiger partial charge in [-0.1, -0.05) is 19.9 Å². The van der Waals surface area contributed by atoms with E-state index >= 15 is 0 Å². The summed E-state index contributed by atoms with van der Waals surface area (Å²) in [7, 11) is 0. The third-order valence-electron chi connectivity index (χ3n) is 3.84. The highest BCUT2D eigenvalue weighted by Gasteiger charge is 2.20. The lowest BCUT2D eigenvalue weighted by atomic mass is 9.97. The topological polar surface area (TPSA) is 24.6 Å². The first kappa shape index (κ1) is 13.8. The summed E-state index contributed by atoms with van der Waals surface area (Å²) in [6.07, 6.45) is 1.99. The molecular formula is C18H18FNO. The lowest BCUT2D eigenvalue weighted by Crippen LogP contribution is -1.94. The Kier molecular flexibility index (Phi) is 3.52. The van der Waals surface area contributed by atoms with Gasteiger partial charge in [0.15, 0.2) is 0 Å². The molecule has 1 N–H and O–H groups in total. The van der Waals surface area contributed by atoms with Crippen molar-refractivity contribution in [2.45, 2.75) is 26.4 Å². The minimum absolute atomic E-state index is 0.0259. The molecule has 0 unspecified atom stereocenters. The summed E-state index contributed by atoms with van der Waals surface area (Å²) in [4.78, 5) is 0. The van der Waals surface area contributed by atoms with Gasteiger partial charge in [-0.25, -0.2) is 4.39 Å². The predicted octanol–water partition coefficient (Wildman–Crippen LogP) is 4.36. The van der Waals surface area contributed by atoms with Gasteiger partial charge in [-0.3, -0.25) is 0 Å². The Bertz CT molecular complexity index is 772. The number of hydrogen-bond acceptors (Lipinski definition) is 1. The molecule has 0 aliphatic carbocycles. The average Bonchev–Trinajstić information content (AvgIpc) is 2.82. The van der Waals surface area contributed by atoms with E-state index in [9.17, 15) is 9.50 Å². The van der Waals surface area contributed by atoms with E-state index in [2.05, 4.69) is 24.3 Å². The van der Waals surface area contributed by atoms with Gasteiger partial charge in [0.25, 0.3) is 0 Å². The molecule has 0 spiro atoms. The maximum absolute atomic E-state index is 13.2. The van der Waals surface area contributed by atoms with E-state index in [1.807, 2.05) is 18.3 Å². The van der Waals surface area contributed by atoms with E-state index < -0.39 is 0 Å². The molecular weight excluding hydrogens is 265 g/mol. The molecule has 0 amide bonds. The number of nitrogens with zero attached hydrogens (tertiary/aromatic N) is 1. The van der Waals surface area contributed by atoms with Crippen LogP contribution >= 0.6 is 0 Å². The summed E-state index contributed by atoms with van der Waals surface area (Å²) in [5.74, 6) is 0.0491. The van der Waals surface area contributed by atoms with Crippen molar-refractivity contribution in [3.63, 3.8) is 0 Å². The Hall–Kier alpha value is -2.13. The molecule has 0 saturated carbocycles. The SMILES string of the molecule is CC(C)c1c(CO)c(-c2ccc(F)cc2)n2ccccc12. The Morgan fingerprint density at radius 3 is 2.43 bits per heavy atom. The summed E-state index contributed by atoms with van der Waals surface area (Å²) in [6.45, 7) is 4.22. The molecule has 1 aromatic carbocycles. The number of halogens is 1. The van der Waals surface area contributed by atoms with Crippen molar-refractivity contribution < 1.29 is 9.50 Å². The molecule has 0 saturated heterocycles. The van der Waals surface area contributed by atoms with Crippen LogP contribution in [0.2, 0.25) is 0 Å². The monoisotopic (exact) mass is 283 g/mol. The minimum Gasteiger partial charge on any atom is -0.392 e. The zero-order valence-electron chi connectivity index (χ0n) is 12.2. The van der Waals surface area contributed by atoms with Gasteiger partial charge in [0.2, 0.25) is 0 Å². The third-order valence-corrected chi connectivity index (χ3v) is 3.84. The Labute approximate surface area is 123 Å². The molecule has 0 fully saturated rings. The largest absolute Gasteiger partial charge is 0.392 e. The van der Waals surface area contributed by atoms with Crippen molar-refractivity contribution in [2.24, 2.45) is 0 Å². The molecule has 3 rings (SSSR count). The molecule has 2 aromatic heterocycles. The second-order valence-corrected chi connectivity index (χ2v) is 5.52. The van der Waals surface area contributed by atoms with Gasteiger partial charge in [0.1, 0.15) is 5.82 Å². The van der Waals surface area contributed by atoms with Crippen molar-refractivity contribution in [1.29, 1.82) is 0 Å². The van der Waals surface area contributed by atoms with E-state index in [1.54, 1.807) is 12.1 Å². The number of fused-ring (bicyclic) bond motifs is 1. The van der Waals surface area contributed by atoms with Crippen molar-refractivity contribution in [2.75, 3.05) is 0 Å². The fourth-order valence-corrected chi connectivity index (χ4v) is 3.01. The fourth-order valence-electron chi connectivity index (χ4n) is 3.01. The van der Waals surface area contributed by atoms with E-state index in [-0.39, 0.29) is 12.4 Å². The molecule has 21 heavy (non-hydrogen) atoms. The van der Waals surface area contributed by atoms with Crippen LogP contribution in [0.15, 0.2) is 48.7 Å². The van der Waals surface area contributed by atoms with Gasteiger partial charge in [0.05, 0.1) is 12.3 Å². The van der Waals surface area contributed by atoms with Gasteiger partial charge in [-0.2, -0.15) is 0 Å². The van der Waals surface area contributed by atoms with E-state index in [0.29, 0.717) is 5.92 Å². The van der Waals surface area contributed by atoms with Crippen LogP contribution in [0.1, 0.15) is 30.9 Å². The smallest absolute Gasteiger partial charge is 0.123 e. The molecule has 2 nitrogen and oxygen atoms in total. The second-order valence-electron chi connectivity index (χ2n) is 5.52. The van der Waals surface area contributed by atoms with Gasteiger partial charge in [-0.05, 0) is 53.4 Å². The molecule has 0 atom stereocenters. The molecule has 108 valence electrons. The van der Waals surface area contributed by atoms with E-state index in [0.717, 1.165) is 27.9 Å². The molecule has 0 aliphatic rings. The number of aliphatic hydroxyl groups excluding tert-OH is 1. The lowest BCUT2D eigenvalue weighted by Gasteiger charge is -2.08. The Balaban J connectivity index is 2.38. The zero-order chi connectivity index (χ0) is 15.0. The molecule has 3 aromatic rings. The quantitative estimate of drug-likeness (QED) is 0.759. The first-order chi connectivity index (χ1) is 10.1. The highest BCUT2D eigenvalue weighted by atomic mass is 19.1. The predicted molar refractivity (Wildman–Crippen MR) is 82.8 cm³/mol. The summed E-state index contributed by atoms with van der Waals surface area (Å²) < 4.78 is 15.3. The molecule has 0 aliphatic heterocycles. The lowest BCUT2D eigenvalue weighted by molar-refractivity contribution is 0.281. The minimum atomic E-state index is -0.255. The summed E-state index contributed by atoms with van der Waals surface area (Å²) >= 11 is 0. The van der Waals surface area contributed by atoms with E-state index in [4.69, 9.17) is 0 Å². The first-order valence-electron chi connectivity index (χ1n) is 7.12. The van der Waals surface area contributed by atoms with Crippen LogP contribution < -0.4 is 0 Å². The van der Waals surface area contributed by atoms with Crippen molar-refractivity contribution in [1.82, 2.24) is 4.40 Å². The Morgan fingerprint density at radius 2 is 1.81 bits per heavy atom. The highest BCUT2D eigenvalue weighted by molar-refractivity contribution is 5.76. The van der Waals surface area contributed by atoms with Crippen LogP contribution in [0, 0.1) is 5.82 Å². The van der Waals surface area contributed by atoms with Gasteiger partial charge in [-0.15, -0.1) is 0 Å². The number of aliphatic hydroxyl groups is 1. The van der Waals surface area contributed by atoms with Crippen LogP contribution in [0.5, 0.6) is 0 Å². The number of hydrogen-bond donors (Lipinski definition) is 1. The number of aromatic nitrogens is 1. The second kappa shape index (κ2) is 5.34. The number of pyridine rings is 1. The maximum atomic E-state index is 13.2. The van der Waals surface area contributed by atoms with Crippen LogP contribution in [0.25, 0.3) is 16.8 Å². The van der Waals surface area contributed by atoms with Crippen molar-refractivity contribution >= 4 is 5.52 Å². The Morgan fingerprint density at radius 1 is 1.10 bits per heavy atom. The average molecular weight is 283 g/mol. The van der Waals surface area contributed by atoms with Gasteiger partial charge in [0, 0.05) is 17.3 Å². The van der Waals surface area contributed by atoms with Gasteiger partial charge >= 0.3 is 0 Å². The summed E-state index contributed by atoms with van der Waals surface area (Å²) in [6, 6.07) is 12.4. The van der Waals surface area contributed by atoms with Crippen LogP contribution in [-0.2, 0) is 6.61 Å². The van der Waals surface area contributed by atoms with Gasteiger partial charge < -0.3 is 9.51 Å². The van der Waals surface area contributed by atoms with Crippen LogP contribution in [0.4, 0.5) is 4.39 Å². The first-order valence-corrected chi connectivity index (χ1v) is 7.12.